The molecule has 4 nitrogen and oxygen atoms in total. The van der Waals surface area contributed by atoms with Crippen LogP contribution in [0.15, 0.2) is 23.1 Å². The SMILES string of the molecule is O=C1CC(=O)/C(=C/c2ccc(OCCC3CCCCC3)c(CO)c2)S1. The van der Waals surface area contributed by atoms with E-state index in [0.717, 1.165) is 29.7 Å². The molecule has 5 heteroatoms. The minimum Gasteiger partial charge on any atom is -0.493 e. The molecule has 1 saturated carbocycles. The number of carbonyl (C=O) groups is 2. The van der Waals surface area contributed by atoms with Crippen molar-refractivity contribution in [1.82, 2.24) is 0 Å². The first kappa shape index (κ1) is 18.2. The first-order valence-corrected chi connectivity index (χ1v) is 9.79. The molecule has 0 aromatic heterocycles. The predicted octanol–water partition coefficient (Wildman–Crippen LogP) is 4.10. The highest BCUT2D eigenvalue weighted by Crippen LogP contribution is 2.32. The van der Waals surface area contributed by atoms with Gasteiger partial charge in [-0.15, -0.1) is 0 Å². The van der Waals surface area contributed by atoms with Gasteiger partial charge in [0.05, 0.1) is 24.5 Å². The van der Waals surface area contributed by atoms with Gasteiger partial charge in [0.15, 0.2) is 5.78 Å². The van der Waals surface area contributed by atoms with Crippen LogP contribution in [0.25, 0.3) is 6.08 Å². The van der Waals surface area contributed by atoms with Crippen molar-refractivity contribution >= 4 is 28.7 Å². The molecule has 25 heavy (non-hydrogen) atoms. The number of Topliss-reactive ketones (excluding diaryl/α,β-unsaturated/α-hetero) is 1. The summed E-state index contributed by atoms with van der Waals surface area (Å²) >= 11 is 0.995. The second-order valence-electron chi connectivity index (χ2n) is 6.75. The van der Waals surface area contributed by atoms with Crippen molar-refractivity contribution in [2.75, 3.05) is 6.61 Å². The number of rotatable bonds is 6. The van der Waals surface area contributed by atoms with E-state index in [1.165, 1.54) is 32.1 Å². The summed E-state index contributed by atoms with van der Waals surface area (Å²) in [5, 5.41) is 9.51. The highest BCUT2D eigenvalue weighted by atomic mass is 32.2. The molecule has 2 fully saturated rings. The fourth-order valence-electron chi connectivity index (χ4n) is 3.46. The van der Waals surface area contributed by atoms with Gasteiger partial charge in [-0.2, -0.15) is 0 Å². The van der Waals surface area contributed by atoms with Crippen molar-refractivity contribution in [3.8, 4) is 5.75 Å². The van der Waals surface area contributed by atoms with Crippen molar-refractivity contribution in [1.29, 1.82) is 0 Å². The molecule has 1 aromatic rings. The Morgan fingerprint density at radius 3 is 2.68 bits per heavy atom. The molecule has 0 atom stereocenters. The number of ketones is 1. The molecule has 0 bridgehead atoms. The molecular formula is C20H24O4S. The molecule has 1 N–H and O–H groups in total. The summed E-state index contributed by atoms with van der Waals surface area (Å²) in [6.07, 6.45) is 9.36. The lowest BCUT2D eigenvalue weighted by Crippen LogP contribution is -2.11. The van der Waals surface area contributed by atoms with E-state index in [4.69, 9.17) is 4.74 Å². The van der Waals surface area contributed by atoms with Crippen LogP contribution in [-0.2, 0) is 16.2 Å². The predicted molar refractivity (Wildman–Crippen MR) is 99.3 cm³/mol. The second-order valence-corrected chi connectivity index (χ2v) is 7.85. The summed E-state index contributed by atoms with van der Waals surface area (Å²) in [6.45, 7) is 0.552. The number of ether oxygens (including phenoxy) is 1. The maximum absolute atomic E-state index is 11.7. The molecule has 0 spiro atoms. The van der Waals surface area contributed by atoms with Gasteiger partial charge >= 0.3 is 0 Å². The van der Waals surface area contributed by atoms with E-state index in [9.17, 15) is 14.7 Å². The molecule has 1 aliphatic carbocycles. The van der Waals surface area contributed by atoms with Crippen LogP contribution in [0.4, 0.5) is 0 Å². The zero-order valence-corrected chi connectivity index (χ0v) is 15.1. The number of hydrogen-bond acceptors (Lipinski definition) is 5. The van der Waals surface area contributed by atoms with Crippen LogP contribution in [0.1, 0.15) is 56.1 Å². The van der Waals surface area contributed by atoms with E-state index in [0.29, 0.717) is 22.8 Å². The first-order chi connectivity index (χ1) is 12.2. The summed E-state index contributed by atoms with van der Waals surface area (Å²) in [7, 11) is 0. The average Bonchev–Trinajstić information content (AvgIpc) is 2.94. The van der Waals surface area contributed by atoms with Crippen molar-refractivity contribution in [2.45, 2.75) is 51.6 Å². The number of aliphatic hydroxyl groups excluding tert-OH is 1. The Kier molecular flexibility index (Phi) is 6.32. The number of benzene rings is 1. The van der Waals surface area contributed by atoms with E-state index in [1.807, 2.05) is 18.2 Å². The topological polar surface area (TPSA) is 63.6 Å². The van der Waals surface area contributed by atoms with Gasteiger partial charge in [-0.3, -0.25) is 9.59 Å². The largest absolute Gasteiger partial charge is 0.493 e. The lowest BCUT2D eigenvalue weighted by Gasteiger charge is -2.21. The van der Waals surface area contributed by atoms with Gasteiger partial charge in [0.1, 0.15) is 5.75 Å². The van der Waals surface area contributed by atoms with E-state index in [-0.39, 0.29) is 23.9 Å². The maximum Gasteiger partial charge on any atom is 0.201 e. The first-order valence-electron chi connectivity index (χ1n) is 8.98. The summed E-state index contributed by atoms with van der Waals surface area (Å²) in [5.74, 6) is 1.33. The number of aliphatic hydroxyl groups is 1. The van der Waals surface area contributed by atoms with Crippen molar-refractivity contribution in [3.05, 3.63) is 34.2 Å². The third kappa shape index (κ3) is 4.95. The molecular weight excluding hydrogens is 336 g/mol. The third-order valence-corrected chi connectivity index (χ3v) is 5.80. The van der Waals surface area contributed by atoms with Gasteiger partial charge in [-0.05, 0) is 47.9 Å². The van der Waals surface area contributed by atoms with Crippen LogP contribution in [-0.4, -0.2) is 22.6 Å². The second kappa shape index (κ2) is 8.68. The maximum atomic E-state index is 11.7. The van der Waals surface area contributed by atoms with Crippen LogP contribution in [0.2, 0.25) is 0 Å². The van der Waals surface area contributed by atoms with E-state index < -0.39 is 0 Å². The quantitative estimate of drug-likeness (QED) is 0.611. The Hall–Kier alpha value is -1.59. The normalized spacial score (nSPS) is 20.4. The molecule has 0 amide bonds. The zero-order chi connectivity index (χ0) is 17.6. The molecule has 2 aliphatic rings. The Labute approximate surface area is 152 Å². The Bertz CT molecular complexity index is 674. The Morgan fingerprint density at radius 2 is 2.00 bits per heavy atom. The van der Waals surface area contributed by atoms with Crippen LogP contribution in [0.3, 0.4) is 0 Å². The Balaban J connectivity index is 1.62. The standard InChI is InChI=1S/C20H24O4S/c21-13-16-10-15(11-19-17(22)12-20(23)25-19)6-7-18(16)24-9-8-14-4-2-1-3-5-14/h6-7,10-11,14,21H,1-5,8-9,12-13H2/b19-11-. The van der Waals surface area contributed by atoms with Gasteiger partial charge in [0, 0.05) is 5.56 Å². The van der Waals surface area contributed by atoms with Gasteiger partial charge in [0.2, 0.25) is 5.12 Å². The molecule has 3 rings (SSSR count). The third-order valence-electron chi connectivity index (χ3n) is 4.86. The number of hydrogen-bond donors (Lipinski definition) is 1. The smallest absolute Gasteiger partial charge is 0.201 e. The van der Waals surface area contributed by atoms with Gasteiger partial charge in [0.25, 0.3) is 0 Å². The van der Waals surface area contributed by atoms with Crippen molar-refractivity contribution < 1.29 is 19.4 Å². The van der Waals surface area contributed by atoms with Gasteiger partial charge in [-0.1, -0.05) is 38.2 Å². The molecule has 0 radical (unpaired) electrons. The van der Waals surface area contributed by atoms with Crippen LogP contribution >= 0.6 is 11.8 Å². The fraction of sp³-hybridized carbons (Fsp3) is 0.500. The van der Waals surface area contributed by atoms with Gasteiger partial charge in [-0.25, -0.2) is 0 Å². The number of allylic oxidation sites excluding steroid dienone is 1. The molecule has 1 aliphatic heterocycles. The summed E-state index contributed by atoms with van der Waals surface area (Å²) in [4.78, 5) is 23.5. The molecule has 1 heterocycles. The molecule has 0 unspecified atom stereocenters. The lowest BCUT2D eigenvalue weighted by molar-refractivity contribution is -0.119. The zero-order valence-electron chi connectivity index (χ0n) is 14.3. The Morgan fingerprint density at radius 1 is 1.20 bits per heavy atom. The summed E-state index contributed by atoms with van der Waals surface area (Å²) in [5.41, 5.74) is 1.51. The molecule has 1 aromatic carbocycles. The number of thioether (sulfide) groups is 1. The fourth-order valence-corrected chi connectivity index (χ4v) is 4.29. The minimum absolute atomic E-state index is 0.0221. The highest BCUT2D eigenvalue weighted by Gasteiger charge is 2.25. The average molecular weight is 360 g/mol. The van der Waals surface area contributed by atoms with Crippen LogP contribution in [0, 0.1) is 5.92 Å². The van der Waals surface area contributed by atoms with E-state index in [2.05, 4.69) is 0 Å². The van der Waals surface area contributed by atoms with Gasteiger partial charge < -0.3 is 9.84 Å². The monoisotopic (exact) mass is 360 g/mol. The van der Waals surface area contributed by atoms with Crippen molar-refractivity contribution in [3.63, 3.8) is 0 Å². The van der Waals surface area contributed by atoms with Crippen LogP contribution in [0.5, 0.6) is 5.75 Å². The number of carbonyl (C=O) groups excluding carboxylic acids is 2. The summed E-state index contributed by atoms with van der Waals surface area (Å²) in [6, 6.07) is 5.52. The summed E-state index contributed by atoms with van der Waals surface area (Å²) < 4.78 is 5.89. The van der Waals surface area contributed by atoms with Crippen LogP contribution < -0.4 is 4.74 Å². The van der Waals surface area contributed by atoms with E-state index >= 15 is 0 Å². The highest BCUT2D eigenvalue weighted by molar-refractivity contribution is 8.18. The molecule has 1 saturated heterocycles. The van der Waals surface area contributed by atoms with E-state index in [1.54, 1.807) is 6.08 Å². The minimum atomic E-state index is -0.131. The lowest BCUT2D eigenvalue weighted by atomic mass is 9.87. The molecule has 134 valence electrons. The van der Waals surface area contributed by atoms with Crippen molar-refractivity contribution in [2.24, 2.45) is 5.92 Å².